The highest BCUT2D eigenvalue weighted by molar-refractivity contribution is 7.18. The summed E-state index contributed by atoms with van der Waals surface area (Å²) in [6, 6.07) is 28.8. The average Bonchev–Trinajstić information content (AvgIpc) is 3.33. The Morgan fingerprint density at radius 2 is 1.41 bits per heavy atom. The molecule has 0 N–H and O–H groups in total. The van der Waals surface area contributed by atoms with Gasteiger partial charge in [-0.05, 0) is 55.8 Å². The van der Waals surface area contributed by atoms with E-state index in [-0.39, 0.29) is 5.41 Å². The van der Waals surface area contributed by atoms with Crippen LogP contribution in [0.1, 0.15) is 33.3 Å². The Bertz CT molecular complexity index is 1580. The van der Waals surface area contributed by atoms with Crippen LogP contribution in [-0.2, 0) is 5.41 Å². The number of aromatic nitrogens is 1. The van der Waals surface area contributed by atoms with Crippen LogP contribution in [0.3, 0.4) is 0 Å². The molecule has 6 rings (SSSR count). The molecule has 0 spiro atoms. The SMILES string of the molecule is C=CC.CC(C)(C)c1cc2ccc3ccc(-c4ncc(-c5ccccc5)s4)c4ccc(c1)c2c34. The van der Waals surface area contributed by atoms with Crippen molar-refractivity contribution in [1.82, 2.24) is 4.98 Å². The summed E-state index contributed by atoms with van der Waals surface area (Å²) in [6.07, 6.45) is 3.75. The Balaban J connectivity index is 0.000000764. The van der Waals surface area contributed by atoms with E-state index in [0.717, 1.165) is 5.01 Å². The van der Waals surface area contributed by atoms with Crippen LogP contribution >= 0.6 is 11.3 Å². The molecule has 0 unspecified atom stereocenters. The fourth-order valence-corrected chi connectivity index (χ4v) is 5.53. The van der Waals surface area contributed by atoms with Gasteiger partial charge in [-0.15, -0.1) is 17.9 Å². The minimum atomic E-state index is 0.129. The molecule has 0 saturated carbocycles. The number of nitrogens with zero attached hydrogens (tertiary/aromatic N) is 1. The zero-order valence-corrected chi connectivity index (χ0v) is 21.0. The van der Waals surface area contributed by atoms with E-state index in [1.807, 2.05) is 13.1 Å². The maximum Gasteiger partial charge on any atom is 0.124 e. The summed E-state index contributed by atoms with van der Waals surface area (Å²) < 4.78 is 0. The zero-order chi connectivity index (χ0) is 23.9. The summed E-state index contributed by atoms with van der Waals surface area (Å²) in [5.41, 5.74) is 3.95. The summed E-state index contributed by atoms with van der Waals surface area (Å²) in [7, 11) is 0. The third-order valence-corrected chi connectivity index (χ3v) is 7.34. The predicted octanol–water partition coefficient (Wildman–Crippen LogP) is 9.86. The number of hydrogen-bond acceptors (Lipinski definition) is 2. The van der Waals surface area contributed by atoms with Gasteiger partial charge in [-0.1, -0.05) is 106 Å². The van der Waals surface area contributed by atoms with Crippen molar-refractivity contribution in [3.63, 3.8) is 0 Å². The first-order valence-electron chi connectivity index (χ1n) is 11.7. The van der Waals surface area contributed by atoms with Gasteiger partial charge in [0.1, 0.15) is 5.01 Å². The first-order chi connectivity index (χ1) is 16.4. The van der Waals surface area contributed by atoms with Gasteiger partial charge in [0.2, 0.25) is 0 Å². The van der Waals surface area contributed by atoms with Crippen LogP contribution in [0.25, 0.3) is 53.3 Å². The number of hydrogen-bond donors (Lipinski definition) is 0. The molecule has 1 heterocycles. The minimum Gasteiger partial charge on any atom is -0.244 e. The van der Waals surface area contributed by atoms with Crippen LogP contribution in [0, 0.1) is 0 Å². The lowest BCUT2D eigenvalue weighted by molar-refractivity contribution is 0.591. The van der Waals surface area contributed by atoms with Crippen molar-refractivity contribution in [3.8, 4) is 21.0 Å². The van der Waals surface area contributed by atoms with E-state index >= 15 is 0 Å². The van der Waals surface area contributed by atoms with Gasteiger partial charge in [0, 0.05) is 11.8 Å². The van der Waals surface area contributed by atoms with Crippen LogP contribution in [0.15, 0.2) is 97.7 Å². The number of benzene rings is 5. The van der Waals surface area contributed by atoms with E-state index in [1.165, 1.54) is 53.9 Å². The molecule has 34 heavy (non-hydrogen) atoms. The van der Waals surface area contributed by atoms with Gasteiger partial charge in [-0.2, -0.15) is 0 Å². The highest BCUT2D eigenvalue weighted by Gasteiger charge is 2.18. The quantitative estimate of drug-likeness (QED) is 0.185. The second kappa shape index (κ2) is 8.70. The maximum atomic E-state index is 4.81. The smallest absolute Gasteiger partial charge is 0.124 e. The minimum absolute atomic E-state index is 0.129. The molecule has 0 bridgehead atoms. The average molecular weight is 460 g/mol. The van der Waals surface area contributed by atoms with Crippen molar-refractivity contribution < 1.29 is 0 Å². The molecule has 0 amide bonds. The van der Waals surface area contributed by atoms with Crippen LogP contribution in [0.5, 0.6) is 0 Å². The van der Waals surface area contributed by atoms with Gasteiger partial charge in [-0.25, -0.2) is 4.98 Å². The summed E-state index contributed by atoms with van der Waals surface area (Å²) in [5.74, 6) is 0. The maximum absolute atomic E-state index is 4.81. The normalized spacial score (nSPS) is 11.6. The van der Waals surface area contributed by atoms with E-state index in [4.69, 9.17) is 4.98 Å². The third-order valence-electron chi connectivity index (χ3n) is 6.26. The summed E-state index contributed by atoms with van der Waals surface area (Å²) in [6.45, 7) is 12.1. The standard InChI is InChI=1S/C29H23NS.C3H6/c1-29(2,3)22-15-20-10-9-19-11-14-24(23-13-12-21(16-22)26(20)27(19)23)28-30-17-25(31-28)18-7-5-4-6-8-18;1-3-2/h4-17H,1-3H3;3H,1H2,2H3. The molecule has 1 nitrogen and oxygen atoms in total. The number of rotatable bonds is 2. The Labute approximate surface area is 205 Å². The Morgan fingerprint density at radius 1 is 0.794 bits per heavy atom. The molecule has 0 aliphatic rings. The molecule has 0 saturated heterocycles. The van der Waals surface area contributed by atoms with Gasteiger partial charge in [0.05, 0.1) is 4.88 Å². The molecule has 5 aromatic carbocycles. The van der Waals surface area contributed by atoms with Crippen molar-refractivity contribution >= 4 is 43.7 Å². The lowest BCUT2D eigenvalue weighted by atomic mass is 9.83. The topological polar surface area (TPSA) is 12.9 Å². The molecule has 168 valence electrons. The second-order valence-electron chi connectivity index (χ2n) is 9.74. The van der Waals surface area contributed by atoms with Crippen molar-refractivity contribution in [3.05, 3.63) is 103 Å². The summed E-state index contributed by atoms with van der Waals surface area (Å²) in [4.78, 5) is 6.01. The van der Waals surface area contributed by atoms with Crippen molar-refractivity contribution in [2.45, 2.75) is 33.1 Å². The van der Waals surface area contributed by atoms with Crippen molar-refractivity contribution in [2.24, 2.45) is 0 Å². The molecule has 0 aliphatic carbocycles. The Kier molecular flexibility index (Phi) is 5.71. The van der Waals surface area contributed by atoms with Crippen LogP contribution in [0.2, 0.25) is 0 Å². The fourth-order valence-electron chi connectivity index (χ4n) is 4.57. The third kappa shape index (κ3) is 3.89. The molecule has 1 aromatic heterocycles. The molecule has 6 aromatic rings. The Morgan fingerprint density at radius 3 is 2.09 bits per heavy atom. The van der Waals surface area contributed by atoms with E-state index in [9.17, 15) is 0 Å². The lowest BCUT2D eigenvalue weighted by Crippen LogP contribution is -2.10. The zero-order valence-electron chi connectivity index (χ0n) is 20.2. The molecule has 0 aliphatic heterocycles. The van der Waals surface area contributed by atoms with Crippen molar-refractivity contribution in [1.29, 1.82) is 0 Å². The lowest BCUT2D eigenvalue weighted by Gasteiger charge is -2.21. The van der Waals surface area contributed by atoms with Crippen molar-refractivity contribution in [2.75, 3.05) is 0 Å². The largest absolute Gasteiger partial charge is 0.244 e. The van der Waals surface area contributed by atoms with E-state index in [2.05, 4.69) is 106 Å². The first-order valence-corrected chi connectivity index (χ1v) is 12.5. The number of allylic oxidation sites excluding steroid dienone is 1. The molecule has 0 atom stereocenters. The molecule has 2 heteroatoms. The van der Waals surface area contributed by atoms with Crippen LogP contribution in [-0.4, -0.2) is 4.98 Å². The Hall–Kier alpha value is -3.49. The second-order valence-corrected chi connectivity index (χ2v) is 10.8. The number of thiazole rings is 1. The molecular weight excluding hydrogens is 430 g/mol. The van der Waals surface area contributed by atoms with Gasteiger partial charge in [0.25, 0.3) is 0 Å². The summed E-state index contributed by atoms with van der Waals surface area (Å²) in [5, 5.41) is 9.01. The van der Waals surface area contributed by atoms with E-state index in [0.29, 0.717) is 0 Å². The van der Waals surface area contributed by atoms with Gasteiger partial charge in [-0.3, -0.25) is 0 Å². The van der Waals surface area contributed by atoms with Crippen LogP contribution in [0.4, 0.5) is 0 Å². The summed E-state index contributed by atoms with van der Waals surface area (Å²) >= 11 is 1.76. The van der Waals surface area contributed by atoms with Gasteiger partial charge >= 0.3 is 0 Å². The van der Waals surface area contributed by atoms with Gasteiger partial charge < -0.3 is 0 Å². The van der Waals surface area contributed by atoms with Gasteiger partial charge in [0.15, 0.2) is 0 Å². The fraction of sp³-hybridized carbons (Fsp3) is 0.156. The monoisotopic (exact) mass is 459 g/mol. The van der Waals surface area contributed by atoms with E-state index in [1.54, 1.807) is 17.4 Å². The first kappa shape index (κ1) is 22.3. The van der Waals surface area contributed by atoms with E-state index < -0.39 is 0 Å². The molecule has 0 radical (unpaired) electrons. The highest BCUT2D eigenvalue weighted by atomic mass is 32.1. The predicted molar refractivity (Wildman–Crippen MR) is 151 cm³/mol. The highest BCUT2D eigenvalue weighted by Crippen LogP contribution is 2.42. The van der Waals surface area contributed by atoms with Crippen LogP contribution < -0.4 is 0 Å². The molecule has 0 fully saturated rings. The molecular formula is C32H29NS.